The molecular weight excluding hydrogens is 295 g/mol. The van der Waals surface area contributed by atoms with Crippen molar-refractivity contribution in [3.8, 4) is 10.7 Å². The number of alkyl halides is 1. The minimum absolute atomic E-state index is 0.293. The van der Waals surface area contributed by atoms with Gasteiger partial charge in [-0.15, -0.1) is 0 Å². The first-order valence-corrected chi connectivity index (χ1v) is 7.93. The summed E-state index contributed by atoms with van der Waals surface area (Å²) in [5, 5.41) is 0.911. The molecule has 0 N–H and O–H groups in total. The molecular formula is C13H15FN4S2. The highest BCUT2D eigenvalue weighted by molar-refractivity contribution is 7.80. The van der Waals surface area contributed by atoms with E-state index >= 15 is 0 Å². The fourth-order valence-corrected chi connectivity index (χ4v) is 3.43. The van der Waals surface area contributed by atoms with Crippen molar-refractivity contribution >= 4 is 29.1 Å². The van der Waals surface area contributed by atoms with Crippen molar-refractivity contribution in [1.82, 2.24) is 15.0 Å². The summed E-state index contributed by atoms with van der Waals surface area (Å²) >= 11 is 5.64. The SMILES string of the molecule is FC1(CS)CCN(c2ncc(-c3ncccn3)s2)CC1. The van der Waals surface area contributed by atoms with Gasteiger partial charge in [0, 0.05) is 31.2 Å². The molecule has 0 amide bonds. The molecule has 0 aliphatic carbocycles. The monoisotopic (exact) mass is 310 g/mol. The van der Waals surface area contributed by atoms with E-state index in [9.17, 15) is 4.39 Å². The van der Waals surface area contributed by atoms with Crippen molar-refractivity contribution in [1.29, 1.82) is 0 Å². The minimum atomic E-state index is -1.12. The normalized spacial score (nSPS) is 18.2. The maximum Gasteiger partial charge on any atom is 0.185 e. The lowest BCUT2D eigenvalue weighted by Crippen LogP contribution is -2.42. The number of hydrogen-bond acceptors (Lipinski definition) is 6. The molecule has 3 heterocycles. The summed E-state index contributed by atoms with van der Waals surface area (Å²) in [4.78, 5) is 15.9. The molecule has 1 fully saturated rings. The molecule has 2 aromatic rings. The van der Waals surface area contributed by atoms with Gasteiger partial charge in [-0.25, -0.2) is 19.3 Å². The highest BCUT2D eigenvalue weighted by Crippen LogP contribution is 2.34. The van der Waals surface area contributed by atoms with Crippen LogP contribution in [-0.4, -0.2) is 39.5 Å². The average molecular weight is 310 g/mol. The van der Waals surface area contributed by atoms with Crippen LogP contribution in [0.25, 0.3) is 10.7 Å². The summed E-state index contributed by atoms with van der Waals surface area (Å²) in [7, 11) is 0. The maximum absolute atomic E-state index is 14.1. The Morgan fingerprint density at radius 2 is 1.95 bits per heavy atom. The highest BCUT2D eigenvalue weighted by atomic mass is 32.1. The molecule has 20 heavy (non-hydrogen) atoms. The van der Waals surface area contributed by atoms with Crippen LogP contribution >= 0.6 is 24.0 Å². The van der Waals surface area contributed by atoms with Gasteiger partial charge in [-0.1, -0.05) is 11.3 Å². The van der Waals surface area contributed by atoms with Gasteiger partial charge in [-0.3, -0.25) is 0 Å². The van der Waals surface area contributed by atoms with E-state index in [1.165, 1.54) is 0 Å². The number of halogens is 1. The van der Waals surface area contributed by atoms with Crippen LogP contribution in [0.1, 0.15) is 12.8 Å². The molecule has 0 unspecified atom stereocenters. The fraction of sp³-hybridized carbons (Fsp3) is 0.462. The van der Waals surface area contributed by atoms with Gasteiger partial charge in [0.1, 0.15) is 5.67 Å². The highest BCUT2D eigenvalue weighted by Gasteiger charge is 2.33. The molecule has 1 saturated heterocycles. The van der Waals surface area contributed by atoms with Crippen molar-refractivity contribution in [3.05, 3.63) is 24.7 Å². The fourth-order valence-electron chi connectivity index (χ4n) is 2.20. The number of thiol groups is 1. The van der Waals surface area contributed by atoms with E-state index in [2.05, 4.69) is 32.5 Å². The Morgan fingerprint density at radius 1 is 1.25 bits per heavy atom. The lowest BCUT2D eigenvalue weighted by molar-refractivity contribution is 0.155. The van der Waals surface area contributed by atoms with Crippen LogP contribution in [0.4, 0.5) is 9.52 Å². The molecule has 0 bridgehead atoms. The summed E-state index contributed by atoms with van der Waals surface area (Å²) in [5.74, 6) is 0.977. The zero-order valence-corrected chi connectivity index (χ0v) is 12.6. The third-order valence-corrected chi connectivity index (χ3v) is 5.11. The van der Waals surface area contributed by atoms with E-state index in [1.807, 2.05) is 0 Å². The van der Waals surface area contributed by atoms with Crippen LogP contribution in [0, 0.1) is 0 Å². The number of hydrogen-bond donors (Lipinski definition) is 1. The first kappa shape index (κ1) is 13.8. The van der Waals surface area contributed by atoms with E-state index in [4.69, 9.17) is 0 Å². The smallest absolute Gasteiger partial charge is 0.185 e. The number of anilines is 1. The number of aromatic nitrogens is 3. The Kier molecular flexibility index (Phi) is 3.89. The van der Waals surface area contributed by atoms with Crippen LogP contribution in [0.2, 0.25) is 0 Å². The number of thiazole rings is 1. The van der Waals surface area contributed by atoms with Crippen LogP contribution in [0.3, 0.4) is 0 Å². The largest absolute Gasteiger partial charge is 0.348 e. The third kappa shape index (κ3) is 2.78. The molecule has 7 heteroatoms. The van der Waals surface area contributed by atoms with Gasteiger partial charge in [-0.2, -0.15) is 12.6 Å². The van der Waals surface area contributed by atoms with E-state index in [0.29, 0.717) is 37.5 Å². The van der Waals surface area contributed by atoms with E-state index in [-0.39, 0.29) is 0 Å². The van der Waals surface area contributed by atoms with E-state index in [1.54, 1.807) is 36.0 Å². The zero-order valence-electron chi connectivity index (χ0n) is 10.9. The quantitative estimate of drug-likeness (QED) is 0.885. The van der Waals surface area contributed by atoms with Gasteiger partial charge in [0.25, 0.3) is 0 Å². The Balaban J connectivity index is 1.72. The first-order chi connectivity index (χ1) is 9.70. The molecule has 0 atom stereocenters. The summed E-state index contributed by atoms with van der Waals surface area (Å²) in [6, 6.07) is 1.79. The Labute approximate surface area is 126 Å². The molecule has 0 saturated carbocycles. The topological polar surface area (TPSA) is 41.9 Å². The molecule has 2 aromatic heterocycles. The van der Waals surface area contributed by atoms with Gasteiger partial charge in [-0.05, 0) is 18.9 Å². The predicted molar refractivity (Wildman–Crippen MR) is 82.3 cm³/mol. The van der Waals surface area contributed by atoms with Crippen molar-refractivity contribution in [2.24, 2.45) is 0 Å². The Morgan fingerprint density at radius 3 is 2.60 bits per heavy atom. The van der Waals surface area contributed by atoms with Gasteiger partial charge in [0.2, 0.25) is 0 Å². The van der Waals surface area contributed by atoms with Crippen LogP contribution < -0.4 is 4.90 Å². The molecule has 106 valence electrons. The predicted octanol–water partition coefficient (Wildman–Crippen LogP) is 2.84. The number of rotatable bonds is 3. The summed E-state index contributed by atoms with van der Waals surface area (Å²) in [5.41, 5.74) is -1.12. The Bertz CT molecular complexity index is 567. The molecule has 1 aliphatic heterocycles. The third-order valence-electron chi connectivity index (χ3n) is 3.49. The number of nitrogens with zero attached hydrogens (tertiary/aromatic N) is 4. The molecule has 1 aliphatic rings. The van der Waals surface area contributed by atoms with Gasteiger partial charge in [0.05, 0.1) is 11.1 Å². The lowest BCUT2D eigenvalue weighted by Gasteiger charge is -2.35. The van der Waals surface area contributed by atoms with Gasteiger partial charge < -0.3 is 4.90 Å². The molecule has 0 aromatic carbocycles. The maximum atomic E-state index is 14.1. The lowest BCUT2D eigenvalue weighted by atomic mass is 9.96. The second-order valence-electron chi connectivity index (χ2n) is 4.88. The van der Waals surface area contributed by atoms with Gasteiger partial charge >= 0.3 is 0 Å². The Hall–Kier alpha value is -1.21. The van der Waals surface area contributed by atoms with E-state index in [0.717, 1.165) is 10.0 Å². The van der Waals surface area contributed by atoms with Crippen molar-refractivity contribution in [2.45, 2.75) is 18.5 Å². The standard InChI is InChI=1S/C13H15FN4S2/c14-13(9-19)2-6-18(7-3-13)12-17-8-10(20-12)11-15-4-1-5-16-11/h1,4-5,8,19H,2-3,6-7,9H2. The second-order valence-corrected chi connectivity index (χ2v) is 6.20. The molecule has 0 radical (unpaired) electrons. The molecule has 3 rings (SSSR count). The zero-order chi connectivity index (χ0) is 14.0. The average Bonchev–Trinajstić information content (AvgIpc) is 2.99. The second kappa shape index (κ2) is 5.65. The minimum Gasteiger partial charge on any atom is -0.348 e. The first-order valence-electron chi connectivity index (χ1n) is 6.48. The summed E-state index contributed by atoms with van der Waals surface area (Å²) in [6.45, 7) is 1.36. The van der Waals surface area contributed by atoms with Crippen LogP contribution in [0.5, 0.6) is 0 Å². The summed E-state index contributed by atoms with van der Waals surface area (Å²) < 4.78 is 14.1. The van der Waals surface area contributed by atoms with Crippen molar-refractivity contribution in [3.63, 3.8) is 0 Å². The van der Waals surface area contributed by atoms with Crippen LogP contribution in [-0.2, 0) is 0 Å². The van der Waals surface area contributed by atoms with Crippen molar-refractivity contribution in [2.75, 3.05) is 23.7 Å². The van der Waals surface area contributed by atoms with Crippen LogP contribution in [0.15, 0.2) is 24.7 Å². The van der Waals surface area contributed by atoms with Gasteiger partial charge in [0.15, 0.2) is 11.0 Å². The number of piperidine rings is 1. The summed E-state index contributed by atoms with van der Waals surface area (Å²) in [6.07, 6.45) is 6.23. The van der Waals surface area contributed by atoms with Crippen molar-refractivity contribution < 1.29 is 4.39 Å². The molecule has 0 spiro atoms. The molecule has 4 nitrogen and oxygen atoms in total. The van der Waals surface area contributed by atoms with E-state index < -0.39 is 5.67 Å².